The van der Waals surface area contributed by atoms with Crippen molar-refractivity contribution in [3.05, 3.63) is 76.2 Å². The molecule has 3 aromatic rings. The summed E-state index contributed by atoms with van der Waals surface area (Å²) in [5, 5.41) is 7.87. The molecule has 1 aliphatic rings. The molecular weight excluding hydrogens is 377 g/mol. The zero-order valence-electron chi connectivity index (χ0n) is 13.4. The van der Waals surface area contributed by atoms with E-state index in [1.54, 1.807) is 22.9 Å². The summed E-state index contributed by atoms with van der Waals surface area (Å²) in [5.74, 6) is 0.329. The van der Waals surface area contributed by atoms with Gasteiger partial charge in [0.25, 0.3) is 5.91 Å². The van der Waals surface area contributed by atoms with E-state index in [0.29, 0.717) is 39.3 Å². The summed E-state index contributed by atoms with van der Waals surface area (Å²) in [6.07, 6.45) is 0. The Kier molecular flexibility index (Phi) is 4.34. The fraction of sp³-hybridized carbons (Fsp3) is 0.111. The first kappa shape index (κ1) is 16.9. The number of anilines is 1. The smallest absolute Gasteiger partial charge is 0.256 e. The number of hydrogen-bond donors (Lipinski definition) is 1. The highest BCUT2D eigenvalue weighted by Gasteiger charge is 2.28. The molecule has 5 nitrogen and oxygen atoms in total. The quantitative estimate of drug-likeness (QED) is 0.743. The van der Waals surface area contributed by atoms with E-state index in [1.807, 2.05) is 6.07 Å². The molecule has 4 rings (SSSR count). The van der Waals surface area contributed by atoms with Gasteiger partial charge in [-0.3, -0.25) is 9.00 Å². The van der Waals surface area contributed by atoms with Gasteiger partial charge < -0.3 is 5.32 Å². The molecule has 2 aromatic carbocycles. The van der Waals surface area contributed by atoms with E-state index in [9.17, 15) is 13.4 Å². The number of nitrogens with one attached hydrogen (secondary N) is 1. The van der Waals surface area contributed by atoms with Crippen LogP contribution in [0.1, 0.15) is 21.6 Å². The number of carbonyl (C=O) groups excluding carboxylic acids is 1. The number of nitrogens with zero attached hydrogens (tertiary/aromatic N) is 2. The Morgan fingerprint density at radius 2 is 1.96 bits per heavy atom. The Morgan fingerprint density at radius 3 is 2.69 bits per heavy atom. The fourth-order valence-corrected chi connectivity index (χ4v) is 4.28. The van der Waals surface area contributed by atoms with Crippen LogP contribution in [0.3, 0.4) is 0 Å². The summed E-state index contributed by atoms with van der Waals surface area (Å²) in [6.45, 7) is 0. The third-order valence-corrected chi connectivity index (χ3v) is 5.50. The van der Waals surface area contributed by atoms with Crippen LogP contribution in [0.5, 0.6) is 0 Å². The molecule has 1 aromatic heterocycles. The minimum absolute atomic E-state index is 0.318. The molecule has 132 valence electrons. The Balaban J connectivity index is 1.75. The molecular formula is C18H13ClFN3O2S. The van der Waals surface area contributed by atoms with Crippen LogP contribution in [0.25, 0.3) is 5.69 Å². The van der Waals surface area contributed by atoms with E-state index in [4.69, 9.17) is 11.6 Å². The lowest BCUT2D eigenvalue weighted by molar-refractivity contribution is 0.102. The van der Waals surface area contributed by atoms with E-state index >= 15 is 0 Å². The highest BCUT2D eigenvalue weighted by molar-refractivity contribution is 7.83. The first-order valence-electron chi connectivity index (χ1n) is 7.80. The molecule has 0 bridgehead atoms. The molecule has 0 radical (unpaired) electrons. The maximum absolute atomic E-state index is 13.1. The van der Waals surface area contributed by atoms with Crippen LogP contribution in [-0.2, 0) is 22.3 Å². The Hall–Kier alpha value is -2.51. The topological polar surface area (TPSA) is 64.0 Å². The third-order valence-electron chi connectivity index (χ3n) is 4.06. The van der Waals surface area contributed by atoms with Crippen molar-refractivity contribution in [2.45, 2.75) is 11.5 Å². The Bertz CT molecular complexity index is 1030. The molecule has 0 spiro atoms. The second-order valence-corrected chi connectivity index (χ2v) is 7.75. The number of aromatic nitrogens is 2. The van der Waals surface area contributed by atoms with Crippen molar-refractivity contribution in [2.24, 2.45) is 0 Å². The van der Waals surface area contributed by atoms with E-state index in [0.717, 1.165) is 5.56 Å². The molecule has 0 unspecified atom stereocenters. The number of halogens is 2. The number of fused-ring (bicyclic) bond motifs is 1. The van der Waals surface area contributed by atoms with Crippen LogP contribution in [0.2, 0.25) is 5.02 Å². The van der Waals surface area contributed by atoms with Crippen molar-refractivity contribution < 1.29 is 13.4 Å². The zero-order chi connectivity index (χ0) is 18.3. The summed E-state index contributed by atoms with van der Waals surface area (Å²) in [7, 11) is -1.03. The summed E-state index contributed by atoms with van der Waals surface area (Å²) in [4.78, 5) is 12.6. The molecule has 0 fully saturated rings. The first-order chi connectivity index (χ1) is 12.5. The summed E-state index contributed by atoms with van der Waals surface area (Å²) in [5.41, 5.74) is 2.45. The van der Waals surface area contributed by atoms with Crippen LogP contribution < -0.4 is 5.32 Å². The standard InChI is InChI=1S/C18H13ClFN3O2S/c19-12-2-1-3-14(8-12)23-17(15-9-26(25)10-16(15)22-23)21-18(24)11-4-6-13(20)7-5-11/h1-8H,9-10H2,(H,21,24)/t26-/m0/s1. The Morgan fingerprint density at radius 1 is 1.19 bits per heavy atom. The van der Waals surface area contributed by atoms with Gasteiger partial charge in [-0.1, -0.05) is 17.7 Å². The average molecular weight is 390 g/mol. The summed E-state index contributed by atoms with van der Waals surface area (Å²) < 4.78 is 26.6. The van der Waals surface area contributed by atoms with Gasteiger partial charge >= 0.3 is 0 Å². The van der Waals surface area contributed by atoms with Crippen LogP contribution in [0, 0.1) is 5.82 Å². The zero-order valence-corrected chi connectivity index (χ0v) is 15.0. The number of amides is 1. The number of benzene rings is 2. The van der Waals surface area contributed by atoms with Crippen molar-refractivity contribution in [2.75, 3.05) is 5.32 Å². The van der Waals surface area contributed by atoms with Gasteiger partial charge in [0.1, 0.15) is 11.6 Å². The highest BCUT2D eigenvalue weighted by atomic mass is 35.5. The number of carbonyl (C=O) groups is 1. The van der Waals surface area contributed by atoms with Crippen molar-refractivity contribution in [1.82, 2.24) is 9.78 Å². The van der Waals surface area contributed by atoms with Crippen LogP contribution in [-0.4, -0.2) is 19.9 Å². The highest BCUT2D eigenvalue weighted by Crippen LogP contribution is 2.32. The average Bonchev–Trinajstić information content (AvgIpc) is 3.12. The van der Waals surface area contributed by atoms with E-state index in [2.05, 4.69) is 10.4 Å². The molecule has 0 saturated heterocycles. The van der Waals surface area contributed by atoms with Crippen LogP contribution in [0.15, 0.2) is 48.5 Å². The molecule has 8 heteroatoms. The minimum atomic E-state index is -1.03. The lowest BCUT2D eigenvalue weighted by Gasteiger charge is -2.11. The van der Waals surface area contributed by atoms with Gasteiger partial charge in [-0.05, 0) is 42.5 Å². The second-order valence-electron chi connectivity index (χ2n) is 5.86. The number of hydrogen-bond acceptors (Lipinski definition) is 3. The molecule has 0 aliphatic carbocycles. The van der Waals surface area contributed by atoms with E-state index in [-0.39, 0.29) is 0 Å². The van der Waals surface area contributed by atoms with E-state index < -0.39 is 22.5 Å². The van der Waals surface area contributed by atoms with Gasteiger partial charge in [-0.15, -0.1) is 0 Å². The van der Waals surface area contributed by atoms with Gasteiger partial charge in [0.05, 0.1) is 22.9 Å². The normalized spacial score (nSPS) is 15.7. The monoisotopic (exact) mass is 389 g/mol. The first-order valence-corrected chi connectivity index (χ1v) is 9.66. The molecule has 0 saturated carbocycles. The van der Waals surface area contributed by atoms with Crippen molar-refractivity contribution >= 4 is 34.1 Å². The summed E-state index contributed by atoms with van der Waals surface area (Å²) >= 11 is 6.07. The maximum Gasteiger partial charge on any atom is 0.256 e. The van der Waals surface area contributed by atoms with Crippen molar-refractivity contribution in [3.8, 4) is 5.69 Å². The predicted octanol–water partition coefficient (Wildman–Crippen LogP) is 3.68. The molecule has 1 atom stereocenters. The van der Waals surface area contributed by atoms with Gasteiger partial charge in [-0.25, -0.2) is 9.07 Å². The predicted molar refractivity (Wildman–Crippen MR) is 98.5 cm³/mol. The second kappa shape index (κ2) is 6.66. The van der Waals surface area contributed by atoms with Crippen LogP contribution >= 0.6 is 11.6 Å². The SMILES string of the molecule is O=C(Nc1c2c(nn1-c1cccc(Cl)c1)C[S@@](=O)C2)c1ccc(F)cc1. The largest absolute Gasteiger partial charge is 0.306 e. The van der Waals surface area contributed by atoms with Gasteiger partial charge in [0, 0.05) is 26.9 Å². The fourth-order valence-electron chi connectivity index (χ4n) is 2.83. The lowest BCUT2D eigenvalue weighted by Crippen LogP contribution is -2.16. The Labute approximate surface area is 156 Å². The third kappa shape index (κ3) is 3.15. The number of rotatable bonds is 3. The van der Waals surface area contributed by atoms with E-state index in [1.165, 1.54) is 24.3 Å². The van der Waals surface area contributed by atoms with Crippen molar-refractivity contribution in [1.29, 1.82) is 0 Å². The lowest BCUT2D eigenvalue weighted by atomic mass is 10.2. The molecule has 26 heavy (non-hydrogen) atoms. The summed E-state index contributed by atoms with van der Waals surface area (Å²) in [6, 6.07) is 12.3. The maximum atomic E-state index is 13.1. The van der Waals surface area contributed by atoms with Gasteiger partial charge in [0.2, 0.25) is 0 Å². The van der Waals surface area contributed by atoms with Crippen LogP contribution in [0.4, 0.5) is 10.2 Å². The van der Waals surface area contributed by atoms with Gasteiger partial charge in [-0.2, -0.15) is 5.10 Å². The van der Waals surface area contributed by atoms with Crippen molar-refractivity contribution in [3.63, 3.8) is 0 Å². The molecule has 1 aliphatic heterocycles. The molecule has 1 N–H and O–H groups in total. The molecule has 2 heterocycles. The minimum Gasteiger partial charge on any atom is -0.306 e. The van der Waals surface area contributed by atoms with Gasteiger partial charge in [0.15, 0.2) is 0 Å². The molecule has 1 amide bonds.